The van der Waals surface area contributed by atoms with E-state index in [0.717, 1.165) is 19.3 Å². The van der Waals surface area contributed by atoms with Crippen molar-refractivity contribution < 1.29 is 9.90 Å². The molecule has 92 valence electrons. The van der Waals surface area contributed by atoms with Gasteiger partial charge in [0.15, 0.2) is 0 Å². The van der Waals surface area contributed by atoms with Crippen LogP contribution in [0.2, 0.25) is 0 Å². The zero-order chi connectivity index (χ0) is 12.3. The number of amides is 1. The highest BCUT2D eigenvalue weighted by Gasteiger charge is 2.34. The molecule has 1 aliphatic carbocycles. The molecular weight excluding hydrogens is 218 g/mol. The minimum absolute atomic E-state index is 0.179. The molecule has 0 aromatic carbocycles. The highest BCUT2D eigenvalue weighted by molar-refractivity contribution is 5.98. The molecule has 5 heteroatoms. The van der Waals surface area contributed by atoms with Crippen LogP contribution in [0.3, 0.4) is 0 Å². The second-order valence-electron chi connectivity index (χ2n) is 4.41. The smallest absolute Gasteiger partial charge is 0.254 e. The SMILES string of the molecule is CNC(=O)c1cccnc1NCC1(O)CCC1. The van der Waals surface area contributed by atoms with Crippen molar-refractivity contribution in [1.29, 1.82) is 0 Å². The topological polar surface area (TPSA) is 74.2 Å². The third kappa shape index (κ3) is 2.55. The minimum Gasteiger partial charge on any atom is -0.388 e. The second kappa shape index (κ2) is 4.71. The summed E-state index contributed by atoms with van der Waals surface area (Å²) in [5.74, 6) is 0.341. The molecule has 1 aromatic heterocycles. The number of carbonyl (C=O) groups excluding carboxylic acids is 1. The molecule has 0 radical (unpaired) electrons. The van der Waals surface area contributed by atoms with Gasteiger partial charge in [-0.25, -0.2) is 4.98 Å². The number of hydrogen-bond donors (Lipinski definition) is 3. The maximum Gasteiger partial charge on any atom is 0.254 e. The molecule has 1 aliphatic rings. The maximum absolute atomic E-state index is 11.6. The molecule has 0 aliphatic heterocycles. The van der Waals surface area contributed by atoms with Crippen LogP contribution in [-0.2, 0) is 0 Å². The molecule has 1 amide bonds. The molecule has 17 heavy (non-hydrogen) atoms. The Hall–Kier alpha value is -1.62. The molecule has 2 rings (SSSR count). The van der Waals surface area contributed by atoms with Gasteiger partial charge in [-0.15, -0.1) is 0 Å². The van der Waals surface area contributed by atoms with Crippen LogP contribution >= 0.6 is 0 Å². The number of nitrogens with zero attached hydrogens (tertiary/aromatic N) is 1. The van der Waals surface area contributed by atoms with Crippen LogP contribution in [0.5, 0.6) is 0 Å². The average molecular weight is 235 g/mol. The third-order valence-electron chi connectivity index (χ3n) is 3.15. The first-order chi connectivity index (χ1) is 8.14. The van der Waals surface area contributed by atoms with Crippen molar-refractivity contribution in [2.75, 3.05) is 18.9 Å². The highest BCUT2D eigenvalue weighted by atomic mass is 16.3. The number of anilines is 1. The lowest BCUT2D eigenvalue weighted by atomic mass is 9.80. The number of pyridine rings is 1. The zero-order valence-electron chi connectivity index (χ0n) is 9.86. The predicted octanol–water partition coefficient (Wildman–Crippen LogP) is 0.768. The van der Waals surface area contributed by atoms with Crippen LogP contribution in [0.4, 0.5) is 5.82 Å². The summed E-state index contributed by atoms with van der Waals surface area (Å²) in [4.78, 5) is 15.7. The van der Waals surface area contributed by atoms with Gasteiger partial charge in [-0.05, 0) is 31.4 Å². The van der Waals surface area contributed by atoms with Crippen molar-refractivity contribution in [1.82, 2.24) is 10.3 Å². The molecule has 5 nitrogen and oxygen atoms in total. The Balaban J connectivity index is 2.07. The average Bonchev–Trinajstić information content (AvgIpc) is 2.33. The Morgan fingerprint density at radius 1 is 1.59 bits per heavy atom. The van der Waals surface area contributed by atoms with E-state index in [9.17, 15) is 9.90 Å². The Morgan fingerprint density at radius 3 is 2.94 bits per heavy atom. The van der Waals surface area contributed by atoms with Crippen molar-refractivity contribution in [2.24, 2.45) is 0 Å². The van der Waals surface area contributed by atoms with Gasteiger partial charge >= 0.3 is 0 Å². The first-order valence-electron chi connectivity index (χ1n) is 5.78. The number of hydrogen-bond acceptors (Lipinski definition) is 4. The van der Waals surface area contributed by atoms with E-state index in [-0.39, 0.29) is 5.91 Å². The summed E-state index contributed by atoms with van der Waals surface area (Å²) in [7, 11) is 1.58. The molecule has 1 heterocycles. The van der Waals surface area contributed by atoms with Gasteiger partial charge in [0.05, 0.1) is 11.2 Å². The summed E-state index contributed by atoms with van der Waals surface area (Å²) >= 11 is 0. The molecule has 0 unspecified atom stereocenters. The fraction of sp³-hybridized carbons (Fsp3) is 0.500. The standard InChI is InChI=1S/C12H17N3O2/c1-13-11(16)9-4-2-7-14-10(9)15-8-12(17)5-3-6-12/h2,4,7,17H,3,5-6,8H2,1H3,(H,13,16)(H,14,15). The van der Waals surface area contributed by atoms with Gasteiger partial charge in [0.1, 0.15) is 5.82 Å². The van der Waals surface area contributed by atoms with E-state index in [4.69, 9.17) is 0 Å². The van der Waals surface area contributed by atoms with Crippen molar-refractivity contribution in [2.45, 2.75) is 24.9 Å². The van der Waals surface area contributed by atoms with Crippen LogP contribution in [-0.4, -0.2) is 35.2 Å². The monoisotopic (exact) mass is 235 g/mol. The van der Waals surface area contributed by atoms with E-state index in [1.54, 1.807) is 25.4 Å². The van der Waals surface area contributed by atoms with E-state index in [2.05, 4.69) is 15.6 Å². The number of rotatable bonds is 4. The molecule has 0 saturated heterocycles. The molecule has 0 bridgehead atoms. The predicted molar refractivity (Wildman–Crippen MR) is 64.9 cm³/mol. The van der Waals surface area contributed by atoms with Crippen LogP contribution < -0.4 is 10.6 Å². The summed E-state index contributed by atoms with van der Waals surface area (Å²) in [6.45, 7) is 0.438. The lowest BCUT2D eigenvalue weighted by molar-refractivity contribution is -0.0202. The van der Waals surface area contributed by atoms with Crippen molar-refractivity contribution in [3.63, 3.8) is 0 Å². The maximum atomic E-state index is 11.6. The summed E-state index contributed by atoms with van der Waals surface area (Å²) < 4.78 is 0. The summed E-state index contributed by atoms with van der Waals surface area (Å²) in [5, 5.41) is 15.6. The third-order valence-corrected chi connectivity index (χ3v) is 3.15. The van der Waals surface area contributed by atoms with Gasteiger partial charge in [-0.1, -0.05) is 0 Å². The molecule has 1 fully saturated rings. The molecule has 0 atom stereocenters. The van der Waals surface area contributed by atoms with Crippen molar-refractivity contribution in [3.05, 3.63) is 23.9 Å². The highest BCUT2D eigenvalue weighted by Crippen LogP contribution is 2.31. The largest absolute Gasteiger partial charge is 0.388 e. The second-order valence-corrected chi connectivity index (χ2v) is 4.41. The van der Waals surface area contributed by atoms with Crippen LogP contribution in [0.15, 0.2) is 18.3 Å². The Morgan fingerprint density at radius 2 is 2.35 bits per heavy atom. The van der Waals surface area contributed by atoms with Crippen molar-refractivity contribution in [3.8, 4) is 0 Å². The van der Waals surface area contributed by atoms with Gasteiger partial charge in [0, 0.05) is 19.8 Å². The Bertz CT molecular complexity index is 416. The molecule has 3 N–H and O–H groups in total. The van der Waals surface area contributed by atoms with Gasteiger partial charge in [-0.3, -0.25) is 4.79 Å². The Kier molecular flexibility index (Phi) is 3.28. The fourth-order valence-corrected chi connectivity index (χ4v) is 1.87. The Labute approximate surface area is 100 Å². The zero-order valence-corrected chi connectivity index (χ0v) is 9.86. The van der Waals surface area contributed by atoms with Crippen molar-refractivity contribution >= 4 is 11.7 Å². The van der Waals surface area contributed by atoms with E-state index >= 15 is 0 Å². The summed E-state index contributed by atoms with van der Waals surface area (Å²) in [5.41, 5.74) is -0.129. The quantitative estimate of drug-likeness (QED) is 0.720. The van der Waals surface area contributed by atoms with Gasteiger partial charge in [0.2, 0.25) is 0 Å². The number of nitrogens with one attached hydrogen (secondary N) is 2. The molecular formula is C12H17N3O2. The van der Waals surface area contributed by atoms with E-state index in [1.165, 1.54) is 0 Å². The summed E-state index contributed by atoms with van der Waals surface area (Å²) in [6, 6.07) is 3.42. The number of aromatic nitrogens is 1. The molecule has 0 spiro atoms. The first-order valence-corrected chi connectivity index (χ1v) is 5.78. The van der Waals surface area contributed by atoms with E-state index < -0.39 is 5.60 Å². The van der Waals surface area contributed by atoms with Gasteiger partial charge in [-0.2, -0.15) is 0 Å². The fourth-order valence-electron chi connectivity index (χ4n) is 1.87. The van der Waals surface area contributed by atoms with E-state index in [0.29, 0.717) is 17.9 Å². The van der Waals surface area contributed by atoms with E-state index in [1.807, 2.05) is 0 Å². The lowest BCUT2D eigenvalue weighted by Crippen LogP contribution is -2.43. The number of aliphatic hydroxyl groups is 1. The normalized spacial score (nSPS) is 17.1. The molecule has 1 saturated carbocycles. The first kappa shape index (κ1) is 11.9. The van der Waals surface area contributed by atoms with Crippen LogP contribution in [0, 0.1) is 0 Å². The molecule has 1 aromatic rings. The van der Waals surface area contributed by atoms with Crippen LogP contribution in [0.25, 0.3) is 0 Å². The lowest BCUT2D eigenvalue weighted by Gasteiger charge is -2.36. The van der Waals surface area contributed by atoms with Gasteiger partial charge < -0.3 is 15.7 Å². The minimum atomic E-state index is -0.627. The summed E-state index contributed by atoms with van der Waals surface area (Å²) in [6.07, 6.45) is 4.30. The van der Waals surface area contributed by atoms with Crippen LogP contribution in [0.1, 0.15) is 29.6 Å². The number of carbonyl (C=O) groups is 1. The van der Waals surface area contributed by atoms with Gasteiger partial charge in [0.25, 0.3) is 5.91 Å².